The predicted molar refractivity (Wildman–Crippen MR) is 75.1 cm³/mol. The van der Waals surface area contributed by atoms with E-state index in [0.29, 0.717) is 17.9 Å². The molecule has 1 amide bonds. The van der Waals surface area contributed by atoms with Crippen molar-refractivity contribution in [2.24, 2.45) is 5.84 Å². The lowest BCUT2D eigenvalue weighted by Gasteiger charge is -2.06. The number of pyridine rings is 1. The first-order valence-corrected chi connectivity index (χ1v) is 6.67. The average molecular weight is 298 g/mol. The molecule has 6 nitrogen and oxygen atoms in total. The molecule has 0 saturated heterocycles. The van der Waals surface area contributed by atoms with Crippen molar-refractivity contribution in [2.75, 3.05) is 5.43 Å². The highest BCUT2D eigenvalue weighted by molar-refractivity contribution is 7.09. The smallest absolute Gasteiger partial charge is 0.251 e. The van der Waals surface area contributed by atoms with Crippen molar-refractivity contribution in [3.05, 3.63) is 38.9 Å². The normalized spacial score (nSPS) is 10.3. The van der Waals surface area contributed by atoms with Crippen molar-refractivity contribution in [2.45, 2.75) is 13.5 Å². The Hall–Kier alpha value is -1.70. The maximum atomic E-state index is 12.0. The molecule has 0 unspecified atom stereocenters. The van der Waals surface area contributed by atoms with Crippen LogP contribution in [-0.4, -0.2) is 15.9 Å². The number of hydrogen-bond acceptors (Lipinski definition) is 6. The van der Waals surface area contributed by atoms with Crippen LogP contribution in [0.25, 0.3) is 0 Å². The zero-order chi connectivity index (χ0) is 13.8. The fourth-order valence-corrected chi connectivity index (χ4v) is 2.39. The number of hydrazine groups is 1. The minimum Gasteiger partial charge on any atom is -0.347 e. The SMILES string of the molecule is Cc1ncsc1CNC(=O)c1cc(Cl)nc(NN)c1. The quantitative estimate of drug-likeness (QED) is 0.454. The zero-order valence-corrected chi connectivity index (χ0v) is 11.7. The van der Waals surface area contributed by atoms with E-state index in [0.717, 1.165) is 10.6 Å². The molecule has 4 N–H and O–H groups in total. The number of nitrogens with one attached hydrogen (secondary N) is 2. The lowest BCUT2D eigenvalue weighted by Crippen LogP contribution is -2.23. The van der Waals surface area contributed by atoms with Crippen LogP contribution in [0.5, 0.6) is 0 Å². The fraction of sp³-hybridized carbons (Fsp3) is 0.182. The first-order valence-electron chi connectivity index (χ1n) is 5.41. The van der Waals surface area contributed by atoms with Crippen molar-refractivity contribution < 1.29 is 4.79 Å². The molecule has 100 valence electrons. The van der Waals surface area contributed by atoms with Gasteiger partial charge in [-0.2, -0.15) is 0 Å². The van der Waals surface area contributed by atoms with Crippen LogP contribution in [0, 0.1) is 6.92 Å². The van der Waals surface area contributed by atoms with E-state index in [1.54, 1.807) is 5.51 Å². The standard InChI is InChI=1S/C11H12ClN5OS/c1-6-8(19-5-15-6)4-14-11(18)7-2-9(12)16-10(3-7)17-13/h2-3,5H,4,13H2,1H3,(H,14,18)(H,16,17). The van der Waals surface area contributed by atoms with Crippen LogP contribution < -0.4 is 16.6 Å². The molecule has 0 bridgehead atoms. The number of carbonyl (C=O) groups is 1. The second-order valence-electron chi connectivity index (χ2n) is 3.75. The van der Waals surface area contributed by atoms with E-state index in [4.69, 9.17) is 17.4 Å². The number of nitrogen functional groups attached to an aromatic ring is 1. The Bertz CT molecular complexity index is 601. The van der Waals surface area contributed by atoms with E-state index in [2.05, 4.69) is 20.7 Å². The largest absolute Gasteiger partial charge is 0.347 e. The van der Waals surface area contributed by atoms with Crippen LogP contribution in [0.2, 0.25) is 5.15 Å². The van der Waals surface area contributed by atoms with Gasteiger partial charge in [-0.1, -0.05) is 11.6 Å². The van der Waals surface area contributed by atoms with Gasteiger partial charge in [-0.15, -0.1) is 11.3 Å². The second kappa shape index (κ2) is 5.96. The molecule has 0 aromatic carbocycles. The number of aromatic nitrogens is 2. The molecule has 2 aromatic heterocycles. The van der Waals surface area contributed by atoms with Gasteiger partial charge in [0.25, 0.3) is 5.91 Å². The summed E-state index contributed by atoms with van der Waals surface area (Å²) in [6, 6.07) is 3.01. The van der Waals surface area contributed by atoms with Gasteiger partial charge in [0.2, 0.25) is 0 Å². The third-order valence-corrected chi connectivity index (χ3v) is 3.59. The molecule has 0 radical (unpaired) electrons. The molecule has 0 saturated carbocycles. The number of rotatable bonds is 4. The van der Waals surface area contributed by atoms with E-state index in [9.17, 15) is 4.79 Å². The van der Waals surface area contributed by atoms with Crippen molar-refractivity contribution in [1.29, 1.82) is 0 Å². The summed E-state index contributed by atoms with van der Waals surface area (Å²) in [5.74, 6) is 5.35. The number of aryl methyl sites for hydroxylation is 1. The molecule has 0 fully saturated rings. The van der Waals surface area contributed by atoms with Gasteiger partial charge in [0.05, 0.1) is 17.7 Å². The second-order valence-corrected chi connectivity index (χ2v) is 5.08. The molecule has 8 heteroatoms. The van der Waals surface area contributed by atoms with Crippen LogP contribution in [0.15, 0.2) is 17.6 Å². The first-order chi connectivity index (χ1) is 9.10. The zero-order valence-electron chi connectivity index (χ0n) is 10.1. The van der Waals surface area contributed by atoms with E-state index in [-0.39, 0.29) is 11.1 Å². The Morgan fingerprint density at radius 3 is 2.95 bits per heavy atom. The minimum atomic E-state index is -0.242. The molecule has 0 aliphatic rings. The molecule has 2 rings (SSSR count). The number of hydrogen-bond donors (Lipinski definition) is 3. The van der Waals surface area contributed by atoms with Gasteiger partial charge in [-0.3, -0.25) is 4.79 Å². The molecule has 0 aliphatic heterocycles. The molecule has 0 spiro atoms. The number of amides is 1. The maximum Gasteiger partial charge on any atom is 0.251 e. The third-order valence-electron chi connectivity index (χ3n) is 2.46. The number of nitrogens with zero attached hydrogens (tertiary/aromatic N) is 2. The number of nitrogens with two attached hydrogens (primary N) is 1. The highest BCUT2D eigenvalue weighted by Crippen LogP contribution is 2.15. The van der Waals surface area contributed by atoms with Gasteiger partial charge in [0, 0.05) is 10.4 Å². The van der Waals surface area contributed by atoms with Crippen LogP contribution in [0.4, 0.5) is 5.82 Å². The molecule has 0 aliphatic carbocycles. The topological polar surface area (TPSA) is 92.9 Å². The van der Waals surface area contributed by atoms with Crippen molar-refractivity contribution in [3.63, 3.8) is 0 Å². The van der Waals surface area contributed by atoms with Gasteiger partial charge in [0.1, 0.15) is 11.0 Å². The summed E-state index contributed by atoms with van der Waals surface area (Å²) >= 11 is 7.30. The van der Waals surface area contributed by atoms with E-state index in [1.165, 1.54) is 23.5 Å². The minimum absolute atomic E-state index is 0.203. The first kappa shape index (κ1) is 13.7. The number of halogens is 1. The fourth-order valence-electron chi connectivity index (χ4n) is 1.46. The summed E-state index contributed by atoms with van der Waals surface area (Å²) < 4.78 is 0. The van der Waals surface area contributed by atoms with Crippen LogP contribution >= 0.6 is 22.9 Å². The summed E-state index contributed by atoms with van der Waals surface area (Å²) in [6.07, 6.45) is 0. The number of thiazole rings is 1. The number of carbonyl (C=O) groups excluding carboxylic acids is 1. The molecule has 2 aromatic rings. The lowest BCUT2D eigenvalue weighted by molar-refractivity contribution is 0.0951. The summed E-state index contributed by atoms with van der Waals surface area (Å²) in [4.78, 5) is 21.0. The highest BCUT2D eigenvalue weighted by atomic mass is 35.5. The van der Waals surface area contributed by atoms with Gasteiger partial charge in [0.15, 0.2) is 0 Å². The van der Waals surface area contributed by atoms with Crippen LogP contribution in [0.3, 0.4) is 0 Å². The van der Waals surface area contributed by atoms with Crippen LogP contribution in [0.1, 0.15) is 20.9 Å². The Morgan fingerprint density at radius 2 is 2.32 bits per heavy atom. The lowest BCUT2D eigenvalue weighted by atomic mass is 10.2. The molecular weight excluding hydrogens is 286 g/mol. The molecule has 2 heterocycles. The highest BCUT2D eigenvalue weighted by Gasteiger charge is 2.10. The predicted octanol–water partition coefficient (Wildman–Crippen LogP) is 1.72. The van der Waals surface area contributed by atoms with E-state index < -0.39 is 0 Å². The van der Waals surface area contributed by atoms with E-state index in [1.807, 2.05) is 6.92 Å². The molecule has 19 heavy (non-hydrogen) atoms. The van der Waals surface area contributed by atoms with Gasteiger partial charge >= 0.3 is 0 Å². The van der Waals surface area contributed by atoms with E-state index >= 15 is 0 Å². The van der Waals surface area contributed by atoms with Crippen LogP contribution in [-0.2, 0) is 6.54 Å². The maximum absolute atomic E-state index is 12.0. The monoisotopic (exact) mass is 297 g/mol. The summed E-state index contributed by atoms with van der Waals surface area (Å²) in [6.45, 7) is 2.33. The summed E-state index contributed by atoms with van der Waals surface area (Å²) in [5, 5.41) is 3.00. The van der Waals surface area contributed by atoms with Gasteiger partial charge < -0.3 is 10.7 Å². The van der Waals surface area contributed by atoms with Crippen molar-refractivity contribution in [1.82, 2.24) is 15.3 Å². The van der Waals surface area contributed by atoms with Gasteiger partial charge in [-0.25, -0.2) is 15.8 Å². The molecule has 0 atom stereocenters. The Morgan fingerprint density at radius 1 is 1.53 bits per heavy atom. The third kappa shape index (κ3) is 3.40. The Labute approximate surface area is 119 Å². The number of anilines is 1. The van der Waals surface area contributed by atoms with Crippen molar-refractivity contribution in [3.8, 4) is 0 Å². The Balaban J connectivity index is 2.08. The summed E-state index contributed by atoms with van der Waals surface area (Å²) in [5.41, 5.74) is 5.42. The summed E-state index contributed by atoms with van der Waals surface area (Å²) in [7, 11) is 0. The average Bonchev–Trinajstić information content (AvgIpc) is 2.80. The Kier molecular flexibility index (Phi) is 4.31. The molecular formula is C11H12ClN5OS. The van der Waals surface area contributed by atoms with Gasteiger partial charge in [-0.05, 0) is 19.1 Å². The van der Waals surface area contributed by atoms with Crippen molar-refractivity contribution >= 4 is 34.7 Å².